The molecule has 1 unspecified atom stereocenters. The quantitative estimate of drug-likeness (QED) is 0.858. The Morgan fingerprint density at radius 3 is 2.75 bits per heavy atom. The van der Waals surface area contributed by atoms with Crippen LogP contribution in [0.2, 0.25) is 0 Å². The first-order valence-corrected chi connectivity index (χ1v) is 7.88. The highest BCUT2D eigenvalue weighted by molar-refractivity contribution is 9.11. The Bertz CT molecular complexity index is 317. The molecule has 1 nitrogen and oxygen atoms in total. The standard InChI is InChI=1S/C13H20BrNS/c1-2-15-12(10-5-3-4-6-10)9-11-7-8-13(14)16-11/h7-8,10,12,15H,2-6,9H2,1H3. The predicted octanol–water partition coefficient (Wildman–Crippen LogP) is 4.22. The summed E-state index contributed by atoms with van der Waals surface area (Å²) in [4.78, 5) is 1.50. The van der Waals surface area contributed by atoms with Crippen molar-refractivity contribution in [2.75, 3.05) is 6.54 Å². The SMILES string of the molecule is CCNC(Cc1ccc(Br)s1)C1CCCC1. The molecular formula is C13H20BrNS. The molecule has 1 aliphatic carbocycles. The van der Waals surface area contributed by atoms with E-state index in [4.69, 9.17) is 0 Å². The first kappa shape index (κ1) is 12.6. The van der Waals surface area contributed by atoms with Gasteiger partial charge in [-0.3, -0.25) is 0 Å². The maximum Gasteiger partial charge on any atom is 0.0701 e. The first-order valence-electron chi connectivity index (χ1n) is 6.27. The van der Waals surface area contributed by atoms with Gasteiger partial charge in [-0.15, -0.1) is 11.3 Å². The minimum Gasteiger partial charge on any atom is -0.314 e. The maximum absolute atomic E-state index is 3.67. The largest absolute Gasteiger partial charge is 0.314 e. The number of rotatable bonds is 5. The van der Waals surface area contributed by atoms with E-state index in [-0.39, 0.29) is 0 Å². The van der Waals surface area contributed by atoms with Crippen LogP contribution in [0.5, 0.6) is 0 Å². The molecular weight excluding hydrogens is 282 g/mol. The maximum atomic E-state index is 3.67. The van der Waals surface area contributed by atoms with Gasteiger partial charge in [0.15, 0.2) is 0 Å². The summed E-state index contributed by atoms with van der Waals surface area (Å²) in [7, 11) is 0. The summed E-state index contributed by atoms with van der Waals surface area (Å²) in [6.45, 7) is 3.31. The highest BCUT2D eigenvalue weighted by Gasteiger charge is 2.24. The summed E-state index contributed by atoms with van der Waals surface area (Å²) in [6, 6.07) is 5.11. The molecule has 1 heterocycles. The van der Waals surface area contributed by atoms with Crippen molar-refractivity contribution in [3.05, 3.63) is 20.8 Å². The second-order valence-corrected chi connectivity index (χ2v) is 7.17. The van der Waals surface area contributed by atoms with Crippen LogP contribution >= 0.6 is 27.3 Å². The van der Waals surface area contributed by atoms with Gasteiger partial charge in [-0.1, -0.05) is 19.8 Å². The summed E-state index contributed by atoms with van der Waals surface area (Å²) in [5, 5.41) is 3.67. The molecule has 16 heavy (non-hydrogen) atoms. The topological polar surface area (TPSA) is 12.0 Å². The van der Waals surface area contributed by atoms with Gasteiger partial charge in [0.2, 0.25) is 0 Å². The Labute approximate surface area is 111 Å². The molecule has 3 heteroatoms. The molecule has 1 N–H and O–H groups in total. The molecule has 2 rings (SSSR count). The van der Waals surface area contributed by atoms with Gasteiger partial charge in [0, 0.05) is 10.9 Å². The van der Waals surface area contributed by atoms with E-state index in [1.807, 2.05) is 11.3 Å². The Hall–Kier alpha value is 0.140. The van der Waals surface area contributed by atoms with E-state index in [0.717, 1.165) is 12.5 Å². The molecule has 0 saturated heterocycles. The van der Waals surface area contributed by atoms with E-state index >= 15 is 0 Å². The molecule has 1 aromatic rings. The molecule has 90 valence electrons. The van der Waals surface area contributed by atoms with Gasteiger partial charge in [0.1, 0.15) is 0 Å². The molecule has 0 aliphatic heterocycles. The van der Waals surface area contributed by atoms with Crippen molar-refractivity contribution in [1.82, 2.24) is 5.32 Å². The summed E-state index contributed by atoms with van der Waals surface area (Å²) >= 11 is 5.42. The monoisotopic (exact) mass is 301 g/mol. The average Bonchev–Trinajstić information content (AvgIpc) is 2.88. The van der Waals surface area contributed by atoms with Crippen molar-refractivity contribution in [1.29, 1.82) is 0 Å². The van der Waals surface area contributed by atoms with Gasteiger partial charge in [-0.05, 0) is 59.8 Å². The number of hydrogen-bond donors (Lipinski definition) is 1. The Morgan fingerprint density at radius 2 is 2.19 bits per heavy atom. The number of likely N-dealkylation sites (N-methyl/N-ethyl adjacent to an activating group) is 1. The molecule has 0 amide bonds. The van der Waals surface area contributed by atoms with Crippen molar-refractivity contribution < 1.29 is 0 Å². The molecule has 1 fully saturated rings. The lowest BCUT2D eigenvalue weighted by Gasteiger charge is -2.23. The molecule has 0 aromatic carbocycles. The highest BCUT2D eigenvalue weighted by atomic mass is 79.9. The number of thiophene rings is 1. The number of halogens is 1. The van der Waals surface area contributed by atoms with Crippen LogP contribution in [-0.4, -0.2) is 12.6 Å². The van der Waals surface area contributed by atoms with Crippen LogP contribution in [0.4, 0.5) is 0 Å². The van der Waals surface area contributed by atoms with E-state index in [2.05, 4.69) is 40.3 Å². The first-order chi connectivity index (χ1) is 7.79. The summed E-state index contributed by atoms with van der Waals surface area (Å²) < 4.78 is 1.25. The van der Waals surface area contributed by atoms with Crippen molar-refractivity contribution in [3.63, 3.8) is 0 Å². The van der Waals surface area contributed by atoms with Gasteiger partial charge in [-0.25, -0.2) is 0 Å². The third-order valence-electron chi connectivity index (χ3n) is 3.49. The van der Waals surface area contributed by atoms with Crippen molar-refractivity contribution >= 4 is 27.3 Å². The predicted molar refractivity (Wildman–Crippen MR) is 75.1 cm³/mol. The van der Waals surface area contributed by atoms with Gasteiger partial charge in [-0.2, -0.15) is 0 Å². The second kappa shape index (κ2) is 6.18. The normalized spacial score (nSPS) is 19.1. The van der Waals surface area contributed by atoms with Gasteiger partial charge in [0.25, 0.3) is 0 Å². The zero-order chi connectivity index (χ0) is 11.4. The fourth-order valence-corrected chi connectivity index (χ4v) is 4.25. The van der Waals surface area contributed by atoms with Crippen molar-refractivity contribution in [3.8, 4) is 0 Å². The van der Waals surface area contributed by atoms with E-state index in [0.29, 0.717) is 6.04 Å². The van der Waals surface area contributed by atoms with Crippen LogP contribution in [0.15, 0.2) is 15.9 Å². The Kier molecular flexibility index (Phi) is 4.86. The Balaban J connectivity index is 1.96. The molecule has 1 aromatic heterocycles. The van der Waals surface area contributed by atoms with Crippen LogP contribution in [0, 0.1) is 5.92 Å². The van der Waals surface area contributed by atoms with Crippen LogP contribution in [0.25, 0.3) is 0 Å². The van der Waals surface area contributed by atoms with Crippen LogP contribution in [-0.2, 0) is 6.42 Å². The molecule has 1 atom stereocenters. The van der Waals surface area contributed by atoms with Gasteiger partial charge < -0.3 is 5.32 Å². The molecule has 1 saturated carbocycles. The smallest absolute Gasteiger partial charge is 0.0701 e. The van der Waals surface area contributed by atoms with E-state index in [1.54, 1.807) is 0 Å². The van der Waals surface area contributed by atoms with Crippen LogP contribution in [0.3, 0.4) is 0 Å². The number of nitrogens with one attached hydrogen (secondary N) is 1. The molecule has 0 bridgehead atoms. The van der Waals surface area contributed by atoms with E-state index in [1.165, 1.54) is 40.8 Å². The second-order valence-electron chi connectivity index (χ2n) is 4.62. The minimum atomic E-state index is 0.693. The molecule has 1 aliphatic rings. The third-order valence-corrected chi connectivity index (χ3v) is 5.13. The number of hydrogen-bond acceptors (Lipinski definition) is 2. The average molecular weight is 302 g/mol. The van der Waals surface area contributed by atoms with E-state index in [9.17, 15) is 0 Å². The Morgan fingerprint density at radius 1 is 1.44 bits per heavy atom. The lowest BCUT2D eigenvalue weighted by atomic mass is 9.95. The zero-order valence-electron chi connectivity index (χ0n) is 9.84. The minimum absolute atomic E-state index is 0.693. The van der Waals surface area contributed by atoms with Gasteiger partial charge >= 0.3 is 0 Å². The summed E-state index contributed by atoms with van der Waals surface area (Å²) in [5.41, 5.74) is 0. The van der Waals surface area contributed by atoms with Crippen molar-refractivity contribution in [2.45, 2.75) is 45.1 Å². The molecule has 0 radical (unpaired) electrons. The van der Waals surface area contributed by atoms with Crippen LogP contribution in [0.1, 0.15) is 37.5 Å². The summed E-state index contributed by atoms with van der Waals surface area (Å²) in [6.07, 6.45) is 6.91. The fraction of sp³-hybridized carbons (Fsp3) is 0.692. The van der Waals surface area contributed by atoms with Gasteiger partial charge in [0.05, 0.1) is 3.79 Å². The highest BCUT2D eigenvalue weighted by Crippen LogP contribution is 2.31. The zero-order valence-corrected chi connectivity index (χ0v) is 12.2. The summed E-state index contributed by atoms with van der Waals surface area (Å²) in [5.74, 6) is 0.904. The lowest BCUT2D eigenvalue weighted by molar-refractivity contribution is 0.364. The molecule has 0 spiro atoms. The fourth-order valence-electron chi connectivity index (χ4n) is 2.71. The van der Waals surface area contributed by atoms with Crippen LogP contribution < -0.4 is 5.32 Å². The third kappa shape index (κ3) is 3.31. The van der Waals surface area contributed by atoms with Crippen molar-refractivity contribution in [2.24, 2.45) is 5.92 Å². The van der Waals surface area contributed by atoms with E-state index < -0.39 is 0 Å². The lowest BCUT2D eigenvalue weighted by Crippen LogP contribution is -2.36.